The molecule has 2 heterocycles. The fourth-order valence-corrected chi connectivity index (χ4v) is 6.81. The quantitative estimate of drug-likeness (QED) is 0.351. The minimum Gasteiger partial charge on any atom is -0.493 e. The van der Waals surface area contributed by atoms with E-state index in [4.69, 9.17) is 9.88 Å². The van der Waals surface area contributed by atoms with Crippen molar-refractivity contribution in [3.05, 3.63) is 53.6 Å². The predicted molar refractivity (Wildman–Crippen MR) is 162 cm³/mol. The lowest BCUT2D eigenvalue weighted by atomic mass is 9.81. The zero-order valence-corrected chi connectivity index (χ0v) is 24.9. The lowest BCUT2D eigenvalue weighted by Gasteiger charge is -2.28. The van der Waals surface area contributed by atoms with E-state index in [-0.39, 0.29) is 5.92 Å². The number of fused-ring (bicyclic) bond motifs is 5. The molecule has 3 N–H and O–H groups in total. The normalized spacial score (nSPS) is 18.1. The summed E-state index contributed by atoms with van der Waals surface area (Å²) in [4.78, 5) is 14.1. The predicted octanol–water partition coefficient (Wildman–Crippen LogP) is 4.91. The smallest absolute Gasteiger partial charge is 0.335 e. The van der Waals surface area contributed by atoms with Gasteiger partial charge in [0.25, 0.3) is 10.2 Å². The summed E-state index contributed by atoms with van der Waals surface area (Å²) in [5, 5.41) is 16.2. The van der Waals surface area contributed by atoms with Gasteiger partial charge in [-0.15, -0.1) is 0 Å². The van der Waals surface area contributed by atoms with Crippen molar-refractivity contribution < 1.29 is 23.1 Å². The molecule has 3 aromatic rings. The monoisotopic (exact) mass is 582 g/mol. The molecule has 5 rings (SSSR count). The largest absolute Gasteiger partial charge is 0.493 e. The van der Waals surface area contributed by atoms with Gasteiger partial charge in [-0.2, -0.15) is 12.7 Å². The average molecular weight is 583 g/mol. The Morgan fingerprint density at radius 2 is 1.83 bits per heavy atom. The lowest BCUT2D eigenvalue weighted by Crippen LogP contribution is -2.38. The number of carbonyl (C=O) groups is 1. The van der Waals surface area contributed by atoms with Gasteiger partial charge in [0.05, 0.1) is 17.9 Å². The van der Waals surface area contributed by atoms with Crippen molar-refractivity contribution in [2.24, 2.45) is 11.1 Å². The molecule has 0 saturated heterocycles. The number of para-hydroxylation sites is 1. The van der Waals surface area contributed by atoms with Gasteiger partial charge in [-0.3, -0.25) is 0 Å². The molecule has 2 aromatic carbocycles. The first-order chi connectivity index (χ1) is 19.6. The molecule has 222 valence electrons. The first-order valence-electron chi connectivity index (χ1n) is 14.7. The van der Waals surface area contributed by atoms with Crippen molar-refractivity contribution in [1.82, 2.24) is 13.8 Å². The molecule has 9 nitrogen and oxygen atoms in total. The van der Waals surface area contributed by atoms with Crippen LogP contribution in [0.1, 0.15) is 66.8 Å². The fraction of sp³-hybridized carbons (Fsp3) is 0.516. The molecule has 10 heteroatoms. The van der Waals surface area contributed by atoms with Crippen LogP contribution in [-0.4, -0.2) is 73.6 Å². The molecule has 1 aliphatic heterocycles. The van der Waals surface area contributed by atoms with Crippen LogP contribution in [-0.2, 0) is 16.8 Å². The summed E-state index contributed by atoms with van der Waals surface area (Å²) in [5.74, 6) is 0.628. The number of carboxylic acids is 1. The van der Waals surface area contributed by atoms with Gasteiger partial charge in [0.15, 0.2) is 0 Å². The highest BCUT2D eigenvalue weighted by atomic mass is 32.2. The van der Waals surface area contributed by atoms with Crippen LogP contribution in [0.4, 0.5) is 0 Å². The number of nitrogens with two attached hydrogens (primary N) is 1. The second-order valence-electron chi connectivity index (χ2n) is 11.7. The Labute approximate surface area is 243 Å². The van der Waals surface area contributed by atoms with Crippen LogP contribution >= 0.6 is 0 Å². The van der Waals surface area contributed by atoms with E-state index in [9.17, 15) is 18.3 Å². The SMILES string of the molecule is CN(CCC[C@H]1COc2ccccc2-c2c(C3CCCCC3)c3ccc(C(=O)O)cc3n2C1)CCN(C)S(N)(=O)=O. The Morgan fingerprint density at radius 1 is 1.07 bits per heavy atom. The summed E-state index contributed by atoms with van der Waals surface area (Å²) in [6, 6.07) is 13.9. The van der Waals surface area contributed by atoms with Crippen LogP contribution in [0.2, 0.25) is 0 Å². The molecular formula is C31H42N4O5S. The van der Waals surface area contributed by atoms with Gasteiger partial charge < -0.3 is 19.3 Å². The number of benzene rings is 2. The minimum absolute atomic E-state index is 0.228. The van der Waals surface area contributed by atoms with Crippen molar-refractivity contribution in [2.45, 2.75) is 57.4 Å². The Balaban J connectivity index is 1.46. The Hall–Kier alpha value is -2.92. The van der Waals surface area contributed by atoms with E-state index in [1.165, 1.54) is 37.6 Å². The summed E-state index contributed by atoms with van der Waals surface area (Å²) in [6.45, 7) is 3.07. The van der Waals surface area contributed by atoms with Gasteiger partial charge in [-0.1, -0.05) is 37.5 Å². The number of hydrogen-bond donors (Lipinski definition) is 2. The second-order valence-corrected chi connectivity index (χ2v) is 13.4. The number of ether oxygens (including phenoxy) is 1. The van der Waals surface area contributed by atoms with Gasteiger partial charge >= 0.3 is 5.97 Å². The standard InChI is InChI=1S/C31H42N4O5S/c1-33(17-18-34(2)41(32,38)39)16-8-9-22-20-35-27-19-24(31(36)37)14-15-25(27)29(23-10-4-3-5-11-23)30(35)26-12-6-7-13-28(26)40-21-22/h6-7,12-15,19,22-23H,3-5,8-11,16-18,20-21H2,1-2H3,(H,36,37)(H2,32,38,39)/t22-/m1/s1. The summed E-state index contributed by atoms with van der Waals surface area (Å²) in [5.41, 5.74) is 4.90. The zero-order valence-electron chi connectivity index (χ0n) is 24.1. The lowest BCUT2D eigenvalue weighted by molar-refractivity contribution is 0.0697. The summed E-state index contributed by atoms with van der Waals surface area (Å²) >= 11 is 0. The average Bonchev–Trinajstić information content (AvgIpc) is 3.26. The molecule has 2 aliphatic rings. The molecule has 1 aromatic heterocycles. The van der Waals surface area contributed by atoms with Crippen LogP contribution in [0.15, 0.2) is 42.5 Å². The van der Waals surface area contributed by atoms with E-state index < -0.39 is 16.2 Å². The van der Waals surface area contributed by atoms with Crippen molar-refractivity contribution in [3.8, 4) is 17.0 Å². The summed E-state index contributed by atoms with van der Waals surface area (Å²) < 4.78 is 33.0. The fourth-order valence-electron chi connectivity index (χ4n) is 6.48. The number of nitrogens with zero attached hydrogens (tertiary/aromatic N) is 3. The number of aromatic nitrogens is 1. The molecule has 1 atom stereocenters. The molecular weight excluding hydrogens is 540 g/mol. The van der Waals surface area contributed by atoms with E-state index in [0.29, 0.717) is 31.2 Å². The number of rotatable bonds is 10. The van der Waals surface area contributed by atoms with Gasteiger partial charge in [0.2, 0.25) is 0 Å². The minimum atomic E-state index is -3.68. The molecule has 1 fully saturated rings. The van der Waals surface area contributed by atoms with E-state index >= 15 is 0 Å². The van der Waals surface area contributed by atoms with E-state index in [2.05, 4.69) is 21.6 Å². The topological polar surface area (TPSA) is 118 Å². The molecule has 0 bridgehead atoms. The van der Waals surface area contributed by atoms with E-state index in [1.54, 1.807) is 6.07 Å². The first-order valence-corrected chi connectivity index (χ1v) is 16.2. The van der Waals surface area contributed by atoms with Gasteiger partial charge in [0.1, 0.15) is 5.75 Å². The Morgan fingerprint density at radius 3 is 2.56 bits per heavy atom. The molecule has 41 heavy (non-hydrogen) atoms. The van der Waals surface area contributed by atoms with Crippen molar-refractivity contribution in [3.63, 3.8) is 0 Å². The molecule has 1 saturated carbocycles. The molecule has 0 unspecified atom stereocenters. The summed E-state index contributed by atoms with van der Waals surface area (Å²) in [6.07, 6.45) is 7.83. The van der Waals surface area contributed by atoms with Gasteiger partial charge in [-0.05, 0) is 75.0 Å². The van der Waals surface area contributed by atoms with Crippen LogP contribution in [0.3, 0.4) is 0 Å². The third kappa shape index (κ3) is 6.61. The Bertz CT molecular complexity index is 1500. The van der Waals surface area contributed by atoms with Crippen LogP contribution in [0.5, 0.6) is 5.75 Å². The van der Waals surface area contributed by atoms with Crippen molar-refractivity contribution in [1.29, 1.82) is 0 Å². The second kappa shape index (κ2) is 12.5. The third-order valence-corrected chi connectivity index (χ3v) is 9.86. The van der Waals surface area contributed by atoms with E-state index in [1.807, 2.05) is 31.3 Å². The van der Waals surface area contributed by atoms with Gasteiger partial charge in [0, 0.05) is 49.1 Å². The highest BCUT2D eigenvalue weighted by molar-refractivity contribution is 7.86. The third-order valence-electron chi connectivity index (χ3n) is 8.80. The van der Waals surface area contributed by atoms with Gasteiger partial charge in [-0.25, -0.2) is 9.93 Å². The van der Waals surface area contributed by atoms with Crippen LogP contribution < -0.4 is 9.88 Å². The number of hydrogen-bond acceptors (Lipinski definition) is 5. The highest BCUT2D eigenvalue weighted by Gasteiger charge is 2.30. The number of carboxylic acid groups (broad SMARTS) is 1. The molecule has 1 aliphatic carbocycles. The highest BCUT2D eigenvalue weighted by Crippen LogP contribution is 2.47. The maximum Gasteiger partial charge on any atom is 0.335 e. The zero-order chi connectivity index (χ0) is 29.1. The van der Waals surface area contributed by atoms with Crippen molar-refractivity contribution in [2.75, 3.05) is 40.3 Å². The summed E-state index contributed by atoms with van der Waals surface area (Å²) in [7, 11) is -0.200. The first kappa shape index (κ1) is 29.6. The Kier molecular flexibility index (Phi) is 9.03. The van der Waals surface area contributed by atoms with Crippen LogP contribution in [0.25, 0.3) is 22.2 Å². The van der Waals surface area contributed by atoms with Crippen molar-refractivity contribution >= 4 is 27.1 Å². The van der Waals surface area contributed by atoms with E-state index in [0.717, 1.165) is 65.3 Å². The molecule has 0 amide bonds. The number of likely N-dealkylation sites (N-methyl/N-ethyl adjacent to an activating group) is 2. The molecule has 0 spiro atoms. The maximum absolute atomic E-state index is 12.0. The number of aromatic carboxylic acids is 1. The van der Waals surface area contributed by atoms with Crippen LogP contribution in [0, 0.1) is 5.92 Å². The maximum atomic E-state index is 12.0. The molecule has 0 radical (unpaired) electrons.